The molecule has 1 fully saturated rings. The lowest BCUT2D eigenvalue weighted by Gasteiger charge is -2.36. The Bertz CT molecular complexity index is 1610. The summed E-state index contributed by atoms with van der Waals surface area (Å²) in [4.78, 5) is 30.2. The highest BCUT2D eigenvalue weighted by Gasteiger charge is 2.27. The first-order valence-corrected chi connectivity index (χ1v) is 14.3. The second-order valence-electron chi connectivity index (χ2n) is 11.2. The quantitative estimate of drug-likeness (QED) is 0.271. The topological polar surface area (TPSA) is 117 Å². The first-order valence-electron chi connectivity index (χ1n) is 14.3. The maximum Gasteiger partial charge on any atom is 0.410 e. The van der Waals surface area contributed by atoms with E-state index in [1.807, 2.05) is 94.7 Å². The third-order valence-electron chi connectivity index (χ3n) is 6.92. The van der Waals surface area contributed by atoms with Crippen LogP contribution in [0.1, 0.15) is 37.7 Å². The summed E-state index contributed by atoms with van der Waals surface area (Å²) in [5.74, 6) is 2.05. The third-order valence-corrected chi connectivity index (χ3v) is 6.92. The van der Waals surface area contributed by atoms with Crippen molar-refractivity contribution in [2.75, 3.05) is 38.1 Å². The molecule has 10 heteroatoms. The number of ether oxygens (including phenoxy) is 2. The molecular weight excluding hydrogens is 542 g/mol. The first kappa shape index (κ1) is 29.5. The van der Waals surface area contributed by atoms with Crippen LogP contribution >= 0.6 is 0 Å². The fraction of sp³-hybridized carbons (Fsp3) is 0.303. The number of rotatable bonds is 8. The van der Waals surface area contributed by atoms with Crippen molar-refractivity contribution in [2.24, 2.45) is 0 Å². The smallest absolute Gasteiger partial charge is 0.410 e. The molecule has 222 valence electrons. The van der Waals surface area contributed by atoms with Crippen LogP contribution in [0.3, 0.4) is 0 Å². The average Bonchev–Trinajstić information content (AvgIpc) is 3.02. The Morgan fingerprint density at radius 1 is 0.953 bits per heavy atom. The lowest BCUT2D eigenvalue weighted by atomic mass is 9.97. The van der Waals surface area contributed by atoms with E-state index in [0.29, 0.717) is 43.5 Å². The summed E-state index contributed by atoms with van der Waals surface area (Å²) >= 11 is 0. The second kappa shape index (κ2) is 12.9. The zero-order valence-corrected chi connectivity index (χ0v) is 25.0. The fourth-order valence-electron chi connectivity index (χ4n) is 4.84. The van der Waals surface area contributed by atoms with Crippen molar-refractivity contribution in [3.8, 4) is 5.75 Å². The standard InChI is InChI=1S/C33H37N7O3/c1-33(2,3)43-32(41)40-19-17-39(18-20-40)31-26-7-5-6-8-28(26)37-29(38-31)22-42-25-11-9-24(10-12-25)30(34)27(21-35-4)23-13-15-36-16-14-23/h5-16,21,34-35H,17-20,22H2,1-4H3/b27-21-,34-30?. The molecule has 0 aliphatic carbocycles. The van der Waals surface area contributed by atoms with E-state index in [1.54, 1.807) is 17.3 Å². The number of nitrogens with zero attached hydrogens (tertiary/aromatic N) is 5. The van der Waals surface area contributed by atoms with Crippen molar-refractivity contribution in [3.05, 3.63) is 96.2 Å². The van der Waals surface area contributed by atoms with E-state index in [-0.39, 0.29) is 12.7 Å². The molecule has 10 nitrogen and oxygen atoms in total. The maximum absolute atomic E-state index is 12.6. The zero-order valence-electron chi connectivity index (χ0n) is 25.0. The van der Waals surface area contributed by atoms with Gasteiger partial charge in [0.05, 0.1) is 11.2 Å². The third kappa shape index (κ3) is 7.27. The predicted molar refractivity (Wildman–Crippen MR) is 168 cm³/mol. The number of hydrogen-bond acceptors (Lipinski definition) is 9. The van der Waals surface area contributed by atoms with Gasteiger partial charge < -0.3 is 24.6 Å². The maximum atomic E-state index is 12.6. The van der Waals surface area contributed by atoms with Crippen molar-refractivity contribution in [1.29, 1.82) is 5.41 Å². The van der Waals surface area contributed by atoms with Gasteiger partial charge in [0.1, 0.15) is 23.8 Å². The van der Waals surface area contributed by atoms with Crippen LogP contribution in [-0.4, -0.2) is 70.5 Å². The molecule has 43 heavy (non-hydrogen) atoms. The molecule has 2 aromatic carbocycles. The number of hydrogen-bond donors (Lipinski definition) is 2. The molecular formula is C33H37N7O3. The summed E-state index contributed by atoms with van der Waals surface area (Å²) in [6, 6.07) is 19.1. The van der Waals surface area contributed by atoms with Crippen LogP contribution in [0.25, 0.3) is 16.5 Å². The van der Waals surface area contributed by atoms with Crippen LogP contribution < -0.4 is 15.0 Å². The summed E-state index contributed by atoms with van der Waals surface area (Å²) in [6.45, 7) is 8.18. The summed E-state index contributed by atoms with van der Waals surface area (Å²) in [5.41, 5.74) is 3.14. The zero-order chi connectivity index (χ0) is 30.4. The number of para-hydroxylation sites is 1. The van der Waals surface area contributed by atoms with E-state index in [0.717, 1.165) is 33.4 Å². The summed E-state index contributed by atoms with van der Waals surface area (Å²) in [5, 5.41) is 12.8. The first-order chi connectivity index (χ1) is 20.7. The summed E-state index contributed by atoms with van der Waals surface area (Å²) < 4.78 is 11.6. The number of anilines is 1. The Balaban J connectivity index is 1.28. The van der Waals surface area contributed by atoms with Crippen molar-refractivity contribution in [2.45, 2.75) is 33.0 Å². The lowest BCUT2D eigenvalue weighted by molar-refractivity contribution is 0.0240. The molecule has 5 rings (SSSR count). The molecule has 1 saturated heterocycles. The van der Waals surface area contributed by atoms with Crippen LogP contribution in [0.2, 0.25) is 0 Å². The number of allylic oxidation sites excluding steroid dienone is 1. The van der Waals surface area contributed by atoms with Gasteiger partial charge in [-0.05, 0) is 74.9 Å². The Labute approximate surface area is 251 Å². The van der Waals surface area contributed by atoms with Gasteiger partial charge in [-0.2, -0.15) is 0 Å². The lowest BCUT2D eigenvalue weighted by Crippen LogP contribution is -2.50. The molecule has 1 aliphatic heterocycles. The van der Waals surface area contributed by atoms with Gasteiger partial charge in [0, 0.05) is 68.3 Å². The van der Waals surface area contributed by atoms with E-state index < -0.39 is 5.60 Å². The number of aromatic nitrogens is 3. The van der Waals surface area contributed by atoms with E-state index in [4.69, 9.17) is 24.9 Å². The van der Waals surface area contributed by atoms with Crippen LogP contribution in [-0.2, 0) is 11.3 Å². The minimum Gasteiger partial charge on any atom is -0.486 e. The highest BCUT2D eigenvalue weighted by atomic mass is 16.6. The van der Waals surface area contributed by atoms with Crippen LogP contribution in [0, 0.1) is 5.41 Å². The summed E-state index contributed by atoms with van der Waals surface area (Å²) in [6.07, 6.45) is 4.95. The number of carbonyl (C=O) groups is 1. The molecule has 0 atom stereocenters. The molecule has 0 unspecified atom stereocenters. The highest BCUT2D eigenvalue weighted by molar-refractivity contribution is 6.30. The van der Waals surface area contributed by atoms with E-state index in [2.05, 4.69) is 15.2 Å². The van der Waals surface area contributed by atoms with Gasteiger partial charge in [-0.1, -0.05) is 12.1 Å². The molecule has 2 N–H and O–H groups in total. The Hall–Kier alpha value is -4.99. The minimum atomic E-state index is -0.527. The van der Waals surface area contributed by atoms with E-state index in [9.17, 15) is 4.79 Å². The predicted octanol–water partition coefficient (Wildman–Crippen LogP) is 5.29. The van der Waals surface area contributed by atoms with Gasteiger partial charge in [-0.15, -0.1) is 0 Å². The van der Waals surface area contributed by atoms with Crippen molar-refractivity contribution >= 4 is 34.1 Å². The van der Waals surface area contributed by atoms with Gasteiger partial charge >= 0.3 is 6.09 Å². The summed E-state index contributed by atoms with van der Waals surface area (Å²) in [7, 11) is 1.82. The highest BCUT2D eigenvalue weighted by Crippen LogP contribution is 2.26. The molecule has 3 heterocycles. The SMILES string of the molecule is CN/C=C(\C(=N)c1ccc(OCc2nc(N3CCN(C(=O)OC(C)(C)C)CC3)c3ccccc3n2)cc1)c1ccncc1. The Kier molecular flexibility index (Phi) is 8.85. The van der Waals surface area contributed by atoms with Gasteiger partial charge in [0.15, 0.2) is 5.82 Å². The number of carbonyl (C=O) groups excluding carboxylic acids is 1. The van der Waals surface area contributed by atoms with Gasteiger partial charge in [0.2, 0.25) is 0 Å². The van der Waals surface area contributed by atoms with Gasteiger partial charge in [-0.25, -0.2) is 14.8 Å². The molecule has 4 aromatic rings. The number of pyridine rings is 1. The average molecular weight is 580 g/mol. The van der Waals surface area contributed by atoms with Crippen molar-refractivity contribution in [1.82, 2.24) is 25.2 Å². The van der Waals surface area contributed by atoms with Gasteiger partial charge in [0.25, 0.3) is 0 Å². The number of piperazine rings is 1. The fourth-order valence-corrected chi connectivity index (χ4v) is 4.84. The van der Waals surface area contributed by atoms with Crippen LogP contribution in [0.15, 0.2) is 79.3 Å². The van der Waals surface area contributed by atoms with E-state index in [1.165, 1.54) is 0 Å². The minimum absolute atomic E-state index is 0.189. The van der Waals surface area contributed by atoms with Crippen molar-refractivity contribution < 1.29 is 14.3 Å². The van der Waals surface area contributed by atoms with Crippen LogP contribution in [0.4, 0.5) is 10.6 Å². The van der Waals surface area contributed by atoms with Gasteiger partial charge in [-0.3, -0.25) is 10.4 Å². The number of benzene rings is 2. The molecule has 0 radical (unpaired) electrons. The molecule has 0 saturated carbocycles. The number of nitrogens with one attached hydrogen (secondary N) is 2. The molecule has 0 spiro atoms. The molecule has 0 bridgehead atoms. The Morgan fingerprint density at radius 3 is 2.33 bits per heavy atom. The normalized spacial score (nSPS) is 14.0. The molecule has 2 aromatic heterocycles. The van der Waals surface area contributed by atoms with Crippen LogP contribution in [0.5, 0.6) is 5.75 Å². The number of amides is 1. The number of fused-ring (bicyclic) bond motifs is 1. The Morgan fingerprint density at radius 2 is 1.65 bits per heavy atom. The molecule has 1 aliphatic rings. The van der Waals surface area contributed by atoms with Crippen molar-refractivity contribution in [3.63, 3.8) is 0 Å². The molecule has 1 amide bonds. The second-order valence-corrected chi connectivity index (χ2v) is 11.2. The largest absolute Gasteiger partial charge is 0.486 e. The van der Waals surface area contributed by atoms with E-state index >= 15 is 0 Å². The monoisotopic (exact) mass is 579 g/mol.